The molecule has 2 aliphatic heterocycles. The number of likely N-dealkylation sites (tertiary alicyclic amines) is 1. The lowest BCUT2D eigenvalue weighted by Crippen LogP contribution is -2.34. The number of aromatic nitrogens is 4. The van der Waals surface area contributed by atoms with Gasteiger partial charge in [-0.3, -0.25) is 9.36 Å². The molecule has 2 aromatic rings. The van der Waals surface area contributed by atoms with E-state index in [0.29, 0.717) is 11.4 Å². The molecule has 1 atom stereocenters. The molecule has 0 radical (unpaired) electrons. The molecule has 2 aliphatic rings. The second-order valence-corrected chi connectivity index (χ2v) is 6.55. The Labute approximate surface area is 140 Å². The second kappa shape index (κ2) is 6.32. The predicted molar refractivity (Wildman–Crippen MR) is 86.8 cm³/mol. The zero-order valence-corrected chi connectivity index (χ0v) is 13.6. The summed E-state index contributed by atoms with van der Waals surface area (Å²) in [4.78, 5) is 19.1. The topological polar surface area (TPSA) is 73.1 Å². The SMILES string of the molecule is O=C(c1ccnc(-n2cnnc2)c1)N1CCC[C@@]2(CCCO2)CC1. The second-order valence-electron chi connectivity index (χ2n) is 6.55. The summed E-state index contributed by atoms with van der Waals surface area (Å²) in [6.07, 6.45) is 10.0. The first kappa shape index (κ1) is 15.3. The number of hydrogen-bond acceptors (Lipinski definition) is 5. The van der Waals surface area contributed by atoms with Crippen LogP contribution in [0.4, 0.5) is 0 Å². The molecule has 0 unspecified atom stereocenters. The van der Waals surface area contributed by atoms with Crippen LogP contribution in [0.1, 0.15) is 42.5 Å². The highest BCUT2D eigenvalue weighted by atomic mass is 16.5. The van der Waals surface area contributed by atoms with E-state index in [1.54, 1.807) is 35.6 Å². The number of pyridine rings is 1. The zero-order chi connectivity index (χ0) is 16.4. The zero-order valence-electron chi connectivity index (χ0n) is 13.6. The van der Waals surface area contributed by atoms with Crippen molar-refractivity contribution >= 4 is 5.91 Å². The lowest BCUT2D eigenvalue weighted by molar-refractivity contribution is -0.00691. The highest BCUT2D eigenvalue weighted by molar-refractivity contribution is 5.94. The molecule has 1 spiro atoms. The van der Waals surface area contributed by atoms with Crippen LogP contribution in [0.5, 0.6) is 0 Å². The Balaban J connectivity index is 1.50. The smallest absolute Gasteiger partial charge is 0.254 e. The van der Waals surface area contributed by atoms with E-state index in [2.05, 4.69) is 15.2 Å². The van der Waals surface area contributed by atoms with E-state index < -0.39 is 0 Å². The lowest BCUT2D eigenvalue weighted by Gasteiger charge is -2.27. The Morgan fingerprint density at radius 3 is 2.75 bits per heavy atom. The predicted octanol–water partition coefficient (Wildman–Crippen LogP) is 1.84. The van der Waals surface area contributed by atoms with Crippen LogP contribution < -0.4 is 0 Å². The summed E-state index contributed by atoms with van der Waals surface area (Å²) in [5.41, 5.74) is 0.665. The van der Waals surface area contributed by atoms with Gasteiger partial charge in [0.25, 0.3) is 5.91 Å². The van der Waals surface area contributed by atoms with Crippen molar-refractivity contribution in [2.75, 3.05) is 19.7 Å². The molecule has 2 aromatic heterocycles. The van der Waals surface area contributed by atoms with Gasteiger partial charge in [0.15, 0.2) is 0 Å². The molecule has 126 valence electrons. The Hall–Kier alpha value is -2.28. The van der Waals surface area contributed by atoms with Crippen molar-refractivity contribution in [2.24, 2.45) is 0 Å². The maximum absolute atomic E-state index is 12.9. The average Bonchev–Trinajstić information content (AvgIpc) is 3.25. The summed E-state index contributed by atoms with van der Waals surface area (Å²) in [7, 11) is 0. The first-order valence-corrected chi connectivity index (χ1v) is 8.50. The molecular weight excluding hydrogens is 306 g/mol. The largest absolute Gasteiger partial charge is 0.375 e. The van der Waals surface area contributed by atoms with Crippen molar-refractivity contribution in [1.29, 1.82) is 0 Å². The molecule has 2 fully saturated rings. The van der Waals surface area contributed by atoms with Crippen LogP contribution in [0.15, 0.2) is 31.0 Å². The number of rotatable bonds is 2. The standard InChI is InChI=1S/C17H21N5O2/c23-16(14-3-7-18-15(11-14)22-12-19-20-13-22)21-8-1-4-17(6-9-21)5-2-10-24-17/h3,7,11-13H,1-2,4-6,8-10H2/t17-/m1/s1. The van der Waals surface area contributed by atoms with Crippen LogP contribution in [-0.2, 0) is 4.74 Å². The van der Waals surface area contributed by atoms with Crippen molar-refractivity contribution in [1.82, 2.24) is 24.6 Å². The van der Waals surface area contributed by atoms with Crippen molar-refractivity contribution in [3.05, 3.63) is 36.5 Å². The molecule has 0 aliphatic carbocycles. The third-order valence-corrected chi connectivity index (χ3v) is 5.05. The summed E-state index contributed by atoms with van der Waals surface area (Å²) in [5.74, 6) is 0.707. The summed E-state index contributed by atoms with van der Waals surface area (Å²) in [6, 6.07) is 3.56. The van der Waals surface area contributed by atoms with E-state index >= 15 is 0 Å². The van der Waals surface area contributed by atoms with Gasteiger partial charge in [0.1, 0.15) is 18.5 Å². The Bertz CT molecular complexity index is 710. The van der Waals surface area contributed by atoms with Crippen LogP contribution in [0, 0.1) is 0 Å². The minimum atomic E-state index is 0.0148. The van der Waals surface area contributed by atoms with Gasteiger partial charge in [-0.1, -0.05) is 0 Å². The first-order chi connectivity index (χ1) is 11.8. The molecule has 24 heavy (non-hydrogen) atoms. The molecule has 0 saturated carbocycles. The number of amides is 1. The molecular formula is C17H21N5O2. The van der Waals surface area contributed by atoms with Crippen molar-refractivity contribution < 1.29 is 9.53 Å². The maximum Gasteiger partial charge on any atom is 0.254 e. The third kappa shape index (κ3) is 2.91. The maximum atomic E-state index is 12.9. The first-order valence-electron chi connectivity index (χ1n) is 8.50. The fourth-order valence-electron chi connectivity index (χ4n) is 3.71. The van der Waals surface area contributed by atoms with E-state index in [1.165, 1.54) is 0 Å². The quantitative estimate of drug-likeness (QED) is 0.841. The lowest BCUT2D eigenvalue weighted by atomic mass is 9.92. The van der Waals surface area contributed by atoms with Crippen LogP contribution in [0.3, 0.4) is 0 Å². The minimum Gasteiger partial charge on any atom is -0.375 e. The molecule has 7 heteroatoms. The number of carbonyl (C=O) groups excluding carboxylic acids is 1. The Morgan fingerprint density at radius 1 is 1.12 bits per heavy atom. The Kier molecular flexibility index (Phi) is 4.02. The monoisotopic (exact) mass is 327 g/mol. The van der Waals surface area contributed by atoms with Gasteiger partial charge in [-0.2, -0.15) is 0 Å². The molecule has 1 amide bonds. The molecule has 0 aromatic carbocycles. The van der Waals surface area contributed by atoms with Crippen molar-refractivity contribution in [3.8, 4) is 5.82 Å². The van der Waals surface area contributed by atoms with Crippen LogP contribution in [0.25, 0.3) is 5.82 Å². The fraction of sp³-hybridized carbons (Fsp3) is 0.529. The normalized spacial score (nSPS) is 24.2. The molecule has 2 saturated heterocycles. The summed E-state index contributed by atoms with van der Waals surface area (Å²) >= 11 is 0. The van der Waals surface area contributed by atoms with Gasteiger partial charge in [0, 0.05) is 31.5 Å². The minimum absolute atomic E-state index is 0.0148. The molecule has 0 N–H and O–H groups in total. The highest BCUT2D eigenvalue weighted by Gasteiger charge is 2.37. The van der Waals surface area contributed by atoms with E-state index in [-0.39, 0.29) is 11.5 Å². The van der Waals surface area contributed by atoms with E-state index in [9.17, 15) is 4.79 Å². The average molecular weight is 327 g/mol. The van der Waals surface area contributed by atoms with Crippen LogP contribution in [-0.4, -0.2) is 55.9 Å². The molecule has 0 bridgehead atoms. The van der Waals surface area contributed by atoms with Gasteiger partial charge in [-0.15, -0.1) is 10.2 Å². The summed E-state index contributed by atoms with van der Waals surface area (Å²) in [6.45, 7) is 2.40. The number of ether oxygens (including phenoxy) is 1. The van der Waals surface area contributed by atoms with Gasteiger partial charge in [0.2, 0.25) is 0 Å². The van der Waals surface area contributed by atoms with Crippen molar-refractivity contribution in [3.63, 3.8) is 0 Å². The van der Waals surface area contributed by atoms with E-state index in [4.69, 9.17) is 4.74 Å². The highest BCUT2D eigenvalue weighted by Crippen LogP contribution is 2.35. The van der Waals surface area contributed by atoms with Gasteiger partial charge in [-0.05, 0) is 44.2 Å². The number of hydrogen-bond donors (Lipinski definition) is 0. The van der Waals surface area contributed by atoms with Gasteiger partial charge in [0.05, 0.1) is 5.60 Å². The molecule has 7 nitrogen and oxygen atoms in total. The molecule has 4 rings (SSSR count). The number of nitrogens with zero attached hydrogens (tertiary/aromatic N) is 5. The van der Waals surface area contributed by atoms with Crippen molar-refractivity contribution in [2.45, 2.75) is 37.7 Å². The number of carbonyl (C=O) groups is 1. The van der Waals surface area contributed by atoms with Gasteiger partial charge >= 0.3 is 0 Å². The van der Waals surface area contributed by atoms with E-state index in [0.717, 1.165) is 51.8 Å². The summed E-state index contributed by atoms with van der Waals surface area (Å²) < 4.78 is 7.69. The van der Waals surface area contributed by atoms with Crippen LogP contribution >= 0.6 is 0 Å². The summed E-state index contributed by atoms with van der Waals surface area (Å²) in [5, 5.41) is 7.56. The van der Waals surface area contributed by atoms with Crippen LogP contribution in [0.2, 0.25) is 0 Å². The van der Waals surface area contributed by atoms with Gasteiger partial charge < -0.3 is 9.64 Å². The fourth-order valence-corrected chi connectivity index (χ4v) is 3.71. The van der Waals surface area contributed by atoms with E-state index in [1.807, 2.05) is 4.90 Å². The van der Waals surface area contributed by atoms with Gasteiger partial charge in [-0.25, -0.2) is 4.98 Å². The Morgan fingerprint density at radius 2 is 1.96 bits per heavy atom. The molecule has 4 heterocycles. The third-order valence-electron chi connectivity index (χ3n) is 5.05.